The van der Waals surface area contributed by atoms with E-state index in [-0.39, 0.29) is 5.97 Å². The minimum atomic E-state index is -0.907. The molecule has 5 heteroatoms. The molecule has 0 aromatic carbocycles. The predicted molar refractivity (Wildman–Crippen MR) is 56.8 cm³/mol. The summed E-state index contributed by atoms with van der Waals surface area (Å²) in [5.41, 5.74) is 0.152. The van der Waals surface area contributed by atoms with Crippen LogP contribution < -0.4 is 0 Å². The Hall–Kier alpha value is -1.91. The van der Waals surface area contributed by atoms with Gasteiger partial charge in [0, 0.05) is 6.20 Å². The summed E-state index contributed by atoms with van der Waals surface area (Å²) in [5.74, 6) is -0.0768. The van der Waals surface area contributed by atoms with E-state index in [1.807, 2.05) is 0 Å². The highest BCUT2D eigenvalue weighted by Gasteiger charge is 2.36. The summed E-state index contributed by atoms with van der Waals surface area (Å²) >= 11 is 0. The molecule has 0 aliphatic rings. The van der Waals surface area contributed by atoms with Gasteiger partial charge < -0.3 is 9.15 Å². The topological polar surface area (TPSA) is 65.2 Å². The maximum absolute atomic E-state index is 11.6. The molecule has 0 N–H and O–H groups in total. The maximum Gasteiger partial charge on any atom is 0.320 e. The minimum Gasteiger partial charge on any atom is -0.468 e. The third-order valence-electron chi connectivity index (χ3n) is 2.40. The van der Waals surface area contributed by atoms with Crippen LogP contribution in [-0.2, 0) is 14.9 Å². The van der Waals surface area contributed by atoms with Gasteiger partial charge in [-0.05, 0) is 26.0 Å². The molecule has 0 bridgehead atoms. The zero-order chi connectivity index (χ0) is 11.8. The number of esters is 1. The van der Waals surface area contributed by atoms with Gasteiger partial charge in [0.05, 0.1) is 7.11 Å². The van der Waals surface area contributed by atoms with Gasteiger partial charge in [0.1, 0.15) is 5.41 Å². The van der Waals surface area contributed by atoms with Crippen LogP contribution in [0.15, 0.2) is 22.7 Å². The molecule has 5 nitrogen and oxygen atoms in total. The van der Waals surface area contributed by atoms with Crippen LogP contribution in [0.1, 0.15) is 19.7 Å². The molecular formula is C11H12N2O3. The second-order valence-corrected chi connectivity index (χ2v) is 3.96. The number of hydrogen-bond donors (Lipinski definition) is 0. The smallest absolute Gasteiger partial charge is 0.320 e. The van der Waals surface area contributed by atoms with E-state index in [4.69, 9.17) is 9.15 Å². The van der Waals surface area contributed by atoms with Crippen molar-refractivity contribution < 1.29 is 13.9 Å². The van der Waals surface area contributed by atoms with Crippen LogP contribution in [0.3, 0.4) is 0 Å². The van der Waals surface area contributed by atoms with Crippen molar-refractivity contribution in [3.05, 3.63) is 24.2 Å². The van der Waals surface area contributed by atoms with Gasteiger partial charge in [-0.3, -0.25) is 4.79 Å². The number of pyridine rings is 1. The number of carbonyl (C=O) groups excluding carboxylic acids is 1. The Morgan fingerprint density at radius 3 is 2.88 bits per heavy atom. The minimum absolute atomic E-state index is 0.313. The lowest BCUT2D eigenvalue weighted by atomic mass is 9.94. The van der Waals surface area contributed by atoms with Crippen molar-refractivity contribution in [3.8, 4) is 0 Å². The molecule has 0 aliphatic carbocycles. The standard InChI is InChI=1S/C11H12N2O3/c1-11(2,10(14)15-3)9-13-8-7(16-9)5-4-6-12-8/h4-6H,1-3H3. The molecule has 0 saturated carbocycles. The fourth-order valence-corrected chi connectivity index (χ4v) is 1.38. The molecule has 0 unspecified atom stereocenters. The number of oxazole rings is 1. The normalized spacial score (nSPS) is 11.7. The monoisotopic (exact) mass is 220 g/mol. The third-order valence-corrected chi connectivity index (χ3v) is 2.40. The number of nitrogens with zero attached hydrogens (tertiary/aromatic N) is 2. The van der Waals surface area contributed by atoms with E-state index in [1.165, 1.54) is 7.11 Å². The summed E-state index contributed by atoms with van der Waals surface area (Å²) in [4.78, 5) is 19.8. The van der Waals surface area contributed by atoms with Crippen LogP contribution in [0.25, 0.3) is 11.2 Å². The number of fused-ring (bicyclic) bond motifs is 1. The molecule has 0 amide bonds. The quantitative estimate of drug-likeness (QED) is 0.720. The summed E-state index contributed by atoms with van der Waals surface area (Å²) in [6, 6.07) is 3.51. The molecule has 0 fully saturated rings. The van der Waals surface area contributed by atoms with Crippen molar-refractivity contribution in [1.82, 2.24) is 9.97 Å². The van der Waals surface area contributed by atoms with E-state index >= 15 is 0 Å². The van der Waals surface area contributed by atoms with E-state index in [0.717, 1.165) is 0 Å². The first kappa shape index (κ1) is 10.6. The average Bonchev–Trinajstić information content (AvgIpc) is 2.72. The molecular weight excluding hydrogens is 208 g/mol. The van der Waals surface area contributed by atoms with Crippen molar-refractivity contribution in [2.75, 3.05) is 7.11 Å². The van der Waals surface area contributed by atoms with Gasteiger partial charge in [0.25, 0.3) is 0 Å². The molecule has 0 aliphatic heterocycles. The van der Waals surface area contributed by atoms with E-state index in [2.05, 4.69) is 9.97 Å². The van der Waals surface area contributed by atoms with Crippen molar-refractivity contribution >= 4 is 17.2 Å². The SMILES string of the molecule is COC(=O)C(C)(C)c1nc2ncccc2o1. The Balaban J connectivity index is 2.51. The lowest BCUT2D eigenvalue weighted by molar-refractivity contribution is -0.147. The van der Waals surface area contributed by atoms with Crippen LogP contribution in [-0.4, -0.2) is 23.0 Å². The van der Waals surface area contributed by atoms with Gasteiger partial charge in [0.15, 0.2) is 11.2 Å². The van der Waals surface area contributed by atoms with E-state index in [0.29, 0.717) is 17.1 Å². The Labute approximate surface area is 92.4 Å². The molecule has 84 valence electrons. The fraction of sp³-hybridized carbons (Fsp3) is 0.364. The van der Waals surface area contributed by atoms with Gasteiger partial charge in [-0.2, -0.15) is 4.98 Å². The average molecular weight is 220 g/mol. The van der Waals surface area contributed by atoms with E-state index < -0.39 is 5.41 Å². The molecule has 2 rings (SSSR count). The second kappa shape index (κ2) is 3.59. The Morgan fingerprint density at radius 1 is 1.50 bits per heavy atom. The van der Waals surface area contributed by atoms with Gasteiger partial charge >= 0.3 is 5.97 Å². The lowest BCUT2D eigenvalue weighted by Gasteiger charge is -2.16. The molecule has 2 aromatic heterocycles. The number of ether oxygens (including phenoxy) is 1. The van der Waals surface area contributed by atoms with Crippen molar-refractivity contribution in [3.63, 3.8) is 0 Å². The predicted octanol–water partition coefficient (Wildman–Crippen LogP) is 1.67. The Morgan fingerprint density at radius 2 is 2.25 bits per heavy atom. The Bertz CT molecular complexity index is 498. The molecule has 16 heavy (non-hydrogen) atoms. The van der Waals surface area contributed by atoms with Gasteiger partial charge in [0.2, 0.25) is 5.89 Å². The highest BCUT2D eigenvalue weighted by atomic mass is 16.5. The second-order valence-electron chi connectivity index (χ2n) is 3.96. The first-order chi connectivity index (χ1) is 7.55. The molecule has 0 spiro atoms. The van der Waals surface area contributed by atoms with Crippen LogP contribution in [0, 0.1) is 0 Å². The molecule has 0 atom stereocenters. The summed E-state index contributed by atoms with van der Waals surface area (Å²) in [6.45, 7) is 3.40. The molecule has 2 aromatic rings. The van der Waals surface area contributed by atoms with Gasteiger partial charge in [-0.25, -0.2) is 4.98 Å². The van der Waals surface area contributed by atoms with Crippen molar-refractivity contribution in [1.29, 1.82) is 0 Å². The lowest BCUT2D eigenvalue weighted by Crippen LogP contribution is -2.30. The van der Waals surface area contributed by atoms with E-state index in [1.54, 1.807) is 32.2 Å². The summed E-state index contributed by atoms with van der Waals surface area (Å²) in [6.07, 6.45) is 1.62. The molecule has 0 saturated heterocycles. The summed E-state index contributed by atoms with van der Waals surface area (Å²) < 4.78 is 10.2. The highest BCUT2D eigenvalue weighted by Crippen LogP contribution is 2.26. The highest BCUT2D eigenvalue weighted by molar-refractivity contribution is 5.81. The zero-order valence-electron chi connectivity index (χ0n) is 9.35. The van der Waals surface area contributed by atoms with Gasteiger partial charge in [-0.1, -0.05) is 0 Å². The van der Waals surface area contributed by atoms with Crippen LogP contribution in [0.4, 0.5) is 0 Å². The Kier molecular flexibility index (Phi) is 2.38. The zero-order valence-corrected chi connectivity index (χ0v) is 9.35. The van der Waals surface area contributed by atoms with Crippen LogP contribution >= 0.6 is 0 Å². The molecule has 0 radical (unpaired) electrons. The number of carbonyl (C=O) groups is 1. The fourth-order valence-electron chi connectivity index (χ4n) is 1.38. The number of methoxy groups -OCH3 is 1. The largest absolute Gasteiger partial charge is 0.468 e. The van der Waals surface area contributed by atoms with E-state index in [9.17, 15) is 4.79 Å². The first-order valence-electron chi connectivity index (χ1n) is 4.86. The first-order valence-corrected chi connectivity index (χ1v) is 4.86. The number of aromatic nitrogens is 2. The third kappa shape index (κ3) is 1.54. The molecule has 2 heterocycles. The summed E-state index contributed by atoms with van der Waals surface area (Å²) in [5, 5.41) is 0. The van der Waals surface area contributed by atoms with Gasteiger partial charge in [-0.15, -0.1) is 0 Å². The van der Waals surface area contributed by atoms with Crippen LogP contribution in [0.2, 0.25) is 0 Å². The number of rotatable bonds is 2. The number of hydrogen-bond acceptors (Lipinski definition) is 5. The van der Waals surface area contributed by atoms with Crippen molar-refractivity contribution in [2.24, 2.45) is 0 Å². The van der Waals surface area contributed by atoms with Crippen LogP contribution in [0.5, 0.6) is 0 Å². The summed E-state index contributed by atoms with van der Waals surface area (Å²) in [7, 11) is 1.34. The maximum atomic E-state index is 11.6. The van der Waals surface area contributed by atoms with Crippen molar-refractivity contribution in [2.45, 2.75) is 19.3 Å².